The normalized spacial score (nSPS) is 19.2. The number of aryl methyl sites for hydroxylation is 1. The van der Waals surface area contributed by atoms with Crippen LogP contribution in [0.2, 0.25) is 0 Å². The molecule has 3 heterocycles. The van der Waals surface area contributed by atoms with Crippen molar-refractivity contribution in [1.29, 1.82) is 0 Å². The number of nitrogens with zero attached hydrogens (tertiary/aromatic N) is 3. The summed E-state index contributed by atoms with van der Waals surface area (Å²) in [7, 11) is 0. The molecule has 1 aliphatic carbocycles. The average Bonchev–Trinajstić information content (AvgIpc) is 3.12. The molecule has 5 nitrogen and oxygen atoms in total. The van der Waals surface area contributed by atoms with Gasteiger partial charge in [-0.25, -0.2) is 4.79 Å². The Kier molecular flexibility index (Phi) is 6.51. The van der Waals surface area contributed by atoms with Crippen molar-refractivity contribution in [2.24, 2.45) is 0 Å². The molecular weight excluding hydrogens is 446 g/mol. The minimum atomic E-state index is -0.847. The predicted molar refractivity (Wildman–Crippen MR) is 147 cm³/mol. The Morgan fingerprint density at radius 1 is 0.917 bits per heavy atom. The highest BCUT2D eigenvalue weighted by Crippen LogP contribution is 2.48. The molecule has 0 radical (unpaired) electrons. The number of carbonyl (C=O) groups is 1. The van der Waals surface area contributed by atoms with E-state index in [1.54, 1.807) is 6.07 Å². The highest BCUT2D eigenvalue weighted by Gasteiger charge is 2.31. The van der Waals surface area contributed by atoms with E-state index in [2.05, 4.69) is 45.6 Å². The fourth-order valence-electron chi connectivity index (χ4n) is 7.06. The molecule has 190 valence electrons. The maximum atomic E-state index is 11.9. The second-order valence-corrected chi connectivity index (χ2v) is 11.1. The molecule has 5 heteroatoms. The Balaban J connectivity index is 1.50. The van der Waals surface area contributed by atoms with E-state index in [9.17, 15) is 9.90 Å². The number of carboxylic acids is 1. The summed E-state index contributed by atoms with van der Waals surface area (Å²) in [5.41, 5.74) is 8.33. The highest BCUT2D eigenvalue weighted by molar-refractivity contribution is 6.00. The molecule has 2 aromatic carbocycles. The Hall–Kier alpha value is -2.79. The zero-order valence-corrected chi connectivity index (χ0v) is 21.6. The largest absolute Gasteiger partial charge is 0.478 e. The quantitative estimate of drug-likeness (QED) is 0.439. The number of carboxylic acid groups (broad SMARTS) is 1. The van der Waals surface area contributed by atoms with E-state index in [-0.39, 0.29) is 0 Å². The van der Waals surface area contributed by atoms with Gasteiger partial charge in [0.15, 0.2) is 0 Å². The van der Waals surface area contributed by atoms with Crippen LogP contribution in [-0.2, 0) is 6.54 Å². The zero-order chi connectivity index (χ0) is 24.6. The van der Waals surface area contributed by atoms with Crippen LogP contribution in [0.15, 0.2) is 36.4 Å². The Bertz CT molecular complexity index is 1260. The SMILES string of the molecule is Cc1cccc2c1-c1c(C3CCCCC3)c3ccc(C(=O)O)cc3n1CCN2CCN1CCCCC1. The summed E-state index contributed by atoms with van der Waals surface area (Å²) in [4.78, 5) is 17.1. The van der Waals surface area contributed by atoms with Gasteiger partial charge >= 0.3 is 5.97 Å². The third kappa shape index (κ3) is 4.21. The van der Waals surface area contributed by atoms with Crippen molar-refractivity contribution in [2.45, 2.75) is 70.8 Å². The fourth-order valence-corrected chi connectivity index (χ4v) is 7.06. The van der Waals surface area contributed by atoms with Crippen molar-refractivity contribution < 1.29 is 9.90 Å². The van der Waals surface area contributed by atoms with Crippen molar-refractivity contribution in [2.75, 3.05) is 37.6 Å². The Morgan fingerprint density at radius 3 is 2.47 bits per heavy atom. The number of aromatic nitrogens is 1. The van der Waals surface area contributed by atoms with Gasteiger partial charge in [-0.3, -0.25) is 0 Å². The van der Waals surface area contributed by atoms with Crippen LogP contribution < -0.4 is 4.90 Å². The summed E-state index contributed by atoms with van der Waals surface area (Å²) in [5, 5.41) is 11.0. The maximum absolute atomic E-state index is 11.9. The second kappa shape index (κ2) is 9.93. The highest BCUT2D eigenvalue weighted by atomic mass is 16.4. The Labute approximate surface area is 214 Å². The van der Waals surface area contributed by atoms with E-state index in [4.69, 9.17) is 0 Å². The van der Waals surface area contributed by atoms with Gasteiger partial charge in [0, 0.05) is 48.3 Å². The van der Waals surface area contributed by atoms with E-state index in [1.165, 1.54) is 97.9 Å². The molecule has 2 fully saturated rings. The second-order valence-electron chi connectivity index (χ2n) is 11.1. The monoisotopic (exact) mass is 485 g/mol. The molecular formula is C31H39N3O2. The lowest BCUT2D eigenvalue weighted by Gasteiger charge is -2.31. The molecule has 0 amide bonds. The van der Waals surface area contributed by atoms with Gasteiger partial charge < -0.3 is 19.5 Å². The summed E-state index contributed by atoms with van der Waals surface area (Å²) < 4.78 is 2.47. The topological polar surface area (TPSA) is 48.7 Å². The number of fused-ring (bicyclic) bond motifs is 5. The van der Waals surface area contributed by atoms with Crippen LogP contribution in [0.3, 0.4) is 0 Å². The first-order valence-corrected chi connectivity index (χ1v) is 14.1. The lowest BCUT2D eigenvalue weighted by atomic mass is 9.81. The number of benzene rings is 2. The minimum absolute atomic E-state index is 0.384. The van der Waals surface area contributed by atoms with Gasteiger partial charge in [0.1, 0.15) is 0 Å². The lowest BCUT2D eigenvalue weighted by molar-refractivity contribution is 0.0697. The predicted octanol–water partition coefficient (Wildman–Crippen LogP) is 6.67. The third-order valence-corrected chi connectivity index (χ3v) is 8.92. The lowest BCUT2D eigenvalue weighted by Crippen LogP contribution is -2.38. The number of aromatic carboxylic acids is 1. The van der Waals surface area contributed by atoms with Crippen molar-refractivity contribution in [1.82, 2.24) is 9.47 Å². The van der Waals surface area contributed by atoms with Crippen LogP contribution in [0.25, 0.3) is 22.2 Å². The van der Waals surface area contributed by atoms with Crippen LogP contribution in [0, 0.1) is 6.92 Å². The van der Waals surface area contributed by atoms with E-state index in [0.29, 0.717) is 11.5 Å². The van der Waals surface area contributed by atoms with Crippen molar-refractivity contribution in [3.05, 3.63) is 53.1 Å². The molecule has 2 aliphatic heterocycles. The zero-order valence-electron chi connectivity index (χ0n) is 21.6. The minimum Gasteiger partial charge on any atom is -0.478 e. The molecule has 1 saturated heterocycles. The van der Waals surface area contributed by atoms with Crippen LogP contribution in [0.4, 0.5) is 5.69 Å². The van der Waals surface area contributed by atoms with Crippen LogP contribution in [0.1, 0.15) is 78.8 Å². The molecule has 36 heavy (non-hydrogen) atoms. The average molecular weight is 486 g/mol. The van der Waals surface area contributed by atoms with Crippen molar-refractivity contribution in [3.8, 4) is 11.3 Å². The number of anilines is 1. The summed E-state index contributed by atoms with van der Waals surface area (Å²) in [6.07, 6.45) is 10.4. The van der Waals surface area contributed by atoms with Crippen molar-refractivity contribution >= 4 is 22.6 Å². The van der Waals surface area contributed by atoms with Gasteiger partial charge in [0.05, 0.1) is 11.3 Å². The maximum Gasteiger partial charge on any atom is 0.335 e. The van der Waals surface area contributed by atoms with E-state index in [1.807, 2.05) is 6.07 Å². The molecule has 3 aromatic rings. The number of hydrogen-bond acceptors (Lipinski definition) is 3. The third-order valence-electron chi connectivity index (χ3n) is 8.92. The van der Waals surface area contributed by atoms with E-state index >= 15 is 0 Å². The molecule has 1 aromatic heterocycles. The first kappa shape index (κ1) is 23.6. The molecule has 0 bridgehead atoms. The fraction of sp³-hybridized carbons (Fsp3) is 0.516. The number of likely N-dealkylation sites (tertiary alicyclic amines) is 1. The van der Waals surface area contributed by atoms with E-state index < -0.39 is 5.97 Å². The van der Waals surface area contributed by atoms with Gasteiger partial charge in [0.2, 0.25) is 0 Å². The number of hydrogen-bond donors (Lipinski definition) is 1. The standard InChI is InChI=1S/C31H39N3O2/c1-22-9-8-12-26-28(22)30-29(23-10-4-2-5-11-23)25-14-13-24(31(35)36)21-27(25)34(30)20-19-33(26)18-17-32-15-6-3-7-16-32/h8-9,12-14,21,23H,2-7,10-11,15-20H2,1H3,(H,35,36). The summed E-state index contributed by atoms with van der Waals surface area (Å²) in [5.74, 6) is -0.305. The molecule has 6 rings (SSSR count). The molecule has 3 aliphatic rings. The molecule has 0 unspecified atom stereocenters. The summed E-state index contributed by atoms with van der Waals surface area (Å²) in [6, 6.07) is 12.6. The van der Waals surface area contributed by atoms with Gasteiger partial charge in [-0.1, -0.05) is 43.9 Å². The Morgan fingerprint density at radius 2 is 1.69 bits per heavy atom. The van der Waals surface area contributed by atoms with Gasteiger partial charge in [-0.05, 0) is 80.9 Å². The molecule has 1 N–H and O–H groups in total. The summed E-state index contributed by atoms with van der Waals surface area (Å²) in [6.45, 7) is 8.69. The van der Waals surface area contributed by atoms with Crippen LogP contribution >= 0.6 is 0 Å². The van der Waals surface area contributed by atoms with Crippen molar-refractivity contribution in [3.63, 3.8) is 0 Å². The van der Waals surface area contributed by atoms with Crippen LogP contribution in [-0.4, -0.2) is 53.3 Å². The molecule has 1 saturated carbocycles. The number of rotatable bonds is 5. The van der Waals surface area contributed by atoms with Gasteiger partial charge in [-0.15, -0.1) is 0 Å². The first-order valence-electron chi connectivity index (χ1n) is 14.1. The number of piperidine rings is 1. The van der Waals surface area contributed by atoms with E-state index in [0.717, 1.165) is 31.7 Å². The molecule has 0 spiro atoms. The van der Waals surface area contributed by atoms with Gasteiger partial charge in [0.25, 0.3) is 0 Å². The molecule has 0 atom stereocenters. The summed E-state index contributed by atoms with van der Waals surface area (Å²) >= 11 is 0. The van der Waals surface area contributed by atoms with Crippen LogP contribution in [0.5, 0.6) is 0 Å². The van der Waals surface area contributed by atoms with Gasteiger partial charge in [-0.2, -0.15) is 0 Å². The smallest absolute Gasteiger partial charge is 0.335 e. The first-order chi connectivity index (χ1) is 17.6.